The van der Waals surface area contributed by atoms with Gasteiger partial charge in [-0.05, 0) is 52.3 Å². The zero-order valence-corrected chi connectivity index (χ0v) is 14.6. The second kappa shape index (κ2) is 5.32. The fourth-order valence-electron chi connectivity index (χ4n) is 3.05. The van der Waals surface area contributed by atoms with E-state index >= 15 is 0 Å². The molecule has 1 aromatic rings. The van der Waals surface area contributed by atoms with Crippen molar-refractivity contribution in [1.29, 1.82) is 0 Å². The summed E-state index contributed by atoms with van der Waals surface area (Å²) >= 11 is 3.63. The van der Waals surface area contributed by atoms with Gasteiger partial charge in [-0.3, -0.25) is 0 Å². The monoisotopic (exact) mass is 340 g/mol. The van der Waals surface area contributed by atoms with E-state index in [2.05, 4.69) is 66.7 Å². The minimum absolute atomic E-state index is 0.0380. The van der Waals surface area contributed by atoms with Crippen molar-refractivity contribution in [1.82, 2.24) is 0 Å². The smallest absolute Gasteiger partial charge is 0.0808 e. The van der Waals surface area contributed by atoms with Crippen LogP contribution in [0.2, 0.25) is 0 Å². The molecule has 1 atom stereocenters. The van der Waals surface area contributed by atoms with Crippen molar-refractivity contribution in [2.75, 3.05) is 18.0 Å². The summed E-state index contributed by atoms with van der Waals surface area (Å²) < 4.78 is 7.21. The zero-order chi connectivity index (χ0) is 15.1. The fraction of sp³-hybridized carbons (Fsp3) is 0.625. The maximum atomic E-state index is 6.13. The maximum Gasteiger partial charge on any atom is 0.0808 e. The molecule has 1 aliphatic heterocycles. The number of morpholine rings is 1. The molecule has 0 amide bonds. The fourth-order valence-corrected chi connectivity index (χ4v) is 3.78. The molecule has 1 heterocycles. The molecule has 1 unspecified atom stereocenters. The van der Waals surface area contributed by atoms with Crippen molar-refractivity contribution in [2.45, 2.75) is 51.9 Å². The number of nitrogens with zero attached hydrogens (tertiary/aromatic N) is 1. The van der Waals surface area contributed by atoms with Gasteiger partial charge in [-0.2, -0.15) is 0 Å². The number of halogens is 1. The van der Waals surface area contributed by atoms with Crippen molar-refractivity contribution in [3.63, 3.8) is 0 Å². The lowest BCUT2D eigenvalue weighted by molar-refractivity contribution is -0.133. The molecule has 0 saturated carbocycles. The van der Waals surface area contributed by atoms with Gasteiger partial charge in [0.05, 0.1) is 11.2 Å². The van der Waals surface area contributed by atoms with Crippen molar-refractivity contribution in [3.05, 3.63) is 28.2 Å². The molecule has 4 heteroatoms. The number of rotatable bonds is 2. The summed E-state index contributed by atoms with van der Waals surface area (Å²) in [7, 11) is 0. The number of ether oxygens (including phenoxy) is 1. The highest BCUT2D eigenvalue weighted by molar-refractivity contribution is 9.10. The third-order valence-electron chi connectivity index (χ3n) is 3.54. The molecule has 3 nitrogen and oxygen atoms in total. The maximum absolute atomic E-state index is 6.13. The van der Waals surface area contributed by atoms with E-state index in [1.54, 1.807) is 0 Å². The van der Waals surface area contributed by atoms with Crippen molar-refractivity contribution < 1.29 is 4.74 Å². The highest BCUT2D eigenvalue weighted by Crippen LogP contribution is 2.34. The van der Waals surface area contributed by atoms with Crippen LogP contribution in [-0.4, -0.2) is 24.3 Å². The van der Waals surface area contributed by atoms with Crippen LogP contribution in [0.1, 0.15) is 46.2 Å². The lowest BCUT2D eigenvalue weighted by Gasteiger charge is -2.48. The van der Waals surface area contributed by atoms with Crippen molar-refractivity contribution in [2.24, 2.45) is 5.73 Å². The molecule has 1 aromatic carbocycles. The minimum atomic E-state index is -0.145. The molecule has 2 N–H and O–H groups in total. The molecule has 1 saturated heterocycles. The minimum Gasteiger partial charge on any atom is -0.366 e. The Labute approximate surface area is 130 Å². The first-order chi connectivity index (χ1) is 9.10. The van der Waals surface area contributed by atoms with Gasteiger partial charge in [0.25, 0.3) is 0 Å². The van der Waals surface area contributed by atoms with Gasteiger partial charge in [-0.25, -0.2) is 0 Å². The van der Waals surface area contributed by atoms with Gasteiger partial charge in [-0.1, -0.05) is 22.0 Å². The van der Waals surface area contributed by atoms with Crippen molar-refractivity contribution in [3.8, 4) is 0 Å². The molecule has 0 aromatic heterocycles. The van der Waals surface area contributed by atoms with Gasteiger partial charge in [-0.15, -0.1) is 0 Å². The van der Waals surface area contributed by atoms with Crippen LogP contribution < -0.4 is 10.6 Å². The Kier molecular flexibility index (Phi) is 4.20. The second-order valence-corrected chi connectivity index (χ2v) is 7.83. The predicted molar refractivity (Wildman–Crippen MR) is 88.2 cm³/mol. The molecule has 0 radical (unpaired) electrons. The number of benzene rings is 1. The summed E-state index contributed by atoms with van der Waals surface area (Å²) in [5, 5.41) is 0. The van der Waals surface area contributed by atoms with Crippen LogP contribution in [0.4, 0.5) is 5.69 Å². The Balaban J connectivity index is 2.29. The molecule has 0 bridgehead atoms. The second-order valence-electron chi connectivity index (χ2n) is 6.97. The van der Waals surface area contributed by atoms with Gasteiger partial charge in [0.1, 0.15) is 0 Å². The highest BCUT2D eigenvalue weighted by atomic mass is 79.9. The van der Waals surface area contributed by atoms with Crippen LogP contribution >= 0.6 is 15.9 Å². The summed E-state index contributed by atoms with van der Waals surface area (Å²) in [6.07, 6.45) is 0. The van der Waals surface area contributed by atoms with Gasteiger partial charge < -0.3 is 15.4 Å². The normalized spacial score (nSPS) is 22.6. The van der Waals surface area contributed by atoms with E-state index < -0.39 is 0 Å². The van der Waals surface area contributed by atoms with E-state index in [0.717, 1.165) is 23.1 Å². The van der Waals surface area contributed by atoms with Gasteiger partial charge in [0.15, 0.2) is 0 Å². The van der Waals surface area contributed by atoms with E-state index in [-0.39, 0.29) is 17.2 Å². The zero-order valence-electron chi connectivity index (χ0n) is 13.0. The molecule has 0 spiro atoms. The predicted octanol–water partition coefficient (Wildman–Crippen LogP) is 3.86. The van der Waals surface area contributed by atoms with E-state index in [1.165, 1.54) is 5.69 Å². The lowest BCUT2D eigenvalue weighted by atomic mass is 9.98. The van der Waals surface area contributed by atoms with E-state index in [4.69, 9.17) is 10.5 Å². The Morgan fingerprint density at radius 1 is 1.20 bits per heavy atom. The first kappa shape index (κ1) is 15.8. The van der Waals surface area contributed by atoms with E-state index in [0.29, 0.717) is 0 Å². The standard InChI is InChI=1S/C16H25BrN2O/c1-11(18)13-7-6-12(8-14(13)17)19-9-15(2,3)20-16(4,5)10-19/h6-8,11H,9-10,18H2,1-5H3. The topological polar surface area (TPSA) is 38.5 Å². The molecule has 0 aliphatic carbocycles. The van der Waals surface area contributed by atoms with Gasteiger partial charge in [0, 0.05) is 29.3 Å². The van der Waals surface area contributed by atoms with E-state index in [1.807, 2.05) is 6.92 Å². The molecule has 1 fully saturated rings. The number of anilines is 1. The molecular weight excluding hydrogens is 316 g/mol. The largest absolute Gasteiger partial charge is 0.366 e. The Bertz CT molecular complexity index is 481. The van der Waals surface area contributed by atoms with E-state index in [9.17, 15) is 0 Å². The molecule has 20 heavy (non-hydrogen) atoms. The first-order valence-electron chi connectivity index (χ1n) is 7.10. The number of hydrogen-bond donors (Lipinski definition) is 1. The first-order valence-corrected chi connectivity index (χ1v) is 7.89. The SMILES string of the molecule is CC(N)c1ccc(N2CC(C)(C)OC(C)(C)C2)cc1Br. The molecule has 2 rings (SSSR count). The van der Waals surface area contributed by atoms with Gasteiger partial charge in [0.2, 0.25) is 0 Å². The molecule has 112 valence electrons. The van der Waals surface area contributed by atoms with Crippen LogP contribution in [-0.2, 0) is 4.74 Å². The van der Waals surface area contributed by atoms with Gasteiger partial charge >= 0.3 is 0 Å². The summed E-state index contributed by atoms with van der Waals surface area (Å²) in [4.78, 5) is 2.39. The number of hydrogen-bond acceptors (Lipinski definition) is 3. The third-order valence-corrected chi connectivity index (χ3v) is 4.22. The summed E-state index contributed by atoms with van der Waals surface area (Å²) in [6, 6.07) is 6.47. The Hall–Kier alpha value is -0.580. The van der Waals surface area contributed by atoms with Crippen LogP contribution in [0.15, 0.2) is 22.7 Å². The Morgan fingerprint density at radius 3 is 2.20 bits per heavy atom. The van der Waals surface area contributed by atoms with Crippen LogP contribution in [0.3, 0.4) is 0 Å². The summed E-state index contributed by atoms with van der Waals surface area (Å²) in [5.74, 6) is 0. The lowest BCUT2D eigenvalue weighted by Crippen LogP contribution is -2.57. The third kappa shape index (κ3) is 3.54. The summed E-state index contributed by atoms with van der Waals surface area (Å²) in [5.41, 5.74) is 8.03. The average molecular weight is 341 g/mol. The highest BCUT2D eigenvalue weighted by Gasteiger charge is 2.38. The average Bonchev–Trinajstić information content (AvgIpc) is 2.23. The van der Waals surface area contributed by atoms with Crippen LogP contribution in [0.25, 0.3) is 0 Å². The Morgan fingerprint density at radius 2 is 1.75 bits per heavy atom. The van der Waals surface area contributed by atoms with Crippen molar-refractivity contribution >= 4 is 21.6 Å². The molecular formula is C16H25BrN2O. The quantitative estimate of drug-likeness (QED) is 0.888. The number of nitrogens with two attached hydrogens (primary N) is 1. The van der Waals surface area contributed by atoms with Crippen LogP contribution in [0.5, 0.6) is 0 Å². The molecule has 1 aliphatic rings. The summed E-state index contributed by atoms with van der Waals surface area (Å²) in [6.45, 7) is 12.4. The van der Waals surface area contributed by atoms with Crippen LogP contribution in [0, 0.1) is 0 Å².